The summed E-state index contributed by atoms with van der Waals surface area (Å²) in [6.45, 7) is 5.41. The number of nitrogens with one attached hydrogen (secondary N) is 1. The van der Waals surface area contributed by atoms with Gasteiger partial charge in [0.15, 0.2) is 0 Å². The Labute approximate surface area is 96.5 Å². The summed E-state index contributed by atoms with van der Waals surface area (Å²) in [6.07, 6.45) is 6.30. The third-order valence-corrected chi connectivity index (χ3v) is 2.90. The molecule has 3 nitrogen and oxygen atoms in total. The van der Waals surface area contributed by atoms with E-state index in [2.05, 4.69) is 34.7 Å². The van der Waals surface area contributed by atoms with Crippen LogP contribution in [0.25, 0.3) is 5.65 Å². The summed E-state index contributed by atoms with van der Waals surface area (Å²) in [5.74, 6) is 0. The second-order valence-corrected chi connectivity index (χ2v) is 4.21. The molecule has 0 saturated carbocycles. The smallest absolute Gasteiger partial charge is 0.136 e. The predicted octanol–water partition coefficient (Wildman–Crippen LogP) is 2.26. The van der Waals surface area contributed by atoms with E-state index in [1.807, 2.05) is 24.4 Å². The molecule has 0 aromatic carbocycles. The highest BCUT2D eigenvalue weighted by molar-refractivity contribution is 5.39. The fraction of sp³-hybridized carbons (Fsp3) is 0.462. The Kier molecular flexibility index (Phi) is 3.57. The number of aromatic nitrogens is 2. The summed E-state index contributed by atoms with van der Waals surface area (Å²) >= 11 is 0. The second-order valence-electron chi connectivity index (χ2n) is 4.21. The SMILES string of the molecule is CCC(C)NCCc1cn2ccccc2n1. The molecule has 0 saturated heterocycles. The fourth-order valence-electron chi connectivity index (χ4n) is 1.70. The molecule has 0 aliphatic carbocycles. The average molecular weight is 217 g/mol. The molecule has 0 aliphatic heterocycles. The molecule has 2 rings (SSSR count). The lowest BCUT2D eigenvalue weighted by molar-refractivity contribution is 0.536. The number of nitrogens with zero attached hydrogens (tertiary/aromatic N) is 2. The van der Waals surface area contributed by atoms with E-state index in [0.717, 1.165) is 24.3 Å². The van der Waals surface area contributed by atoms with Crippen molar-refractivity contribution in [2.24, 2.45) is 0 Å². The summed E-state index contributed by atoms with van der Waals surface area (Å²) in [4.78, 5) is 4.56. The van der Waals surface area contributed by atoms with E-state index in [4.69, 9.17) is 0 Å². The van der Waals surface area contributed by atoms with Crippen LogP contribution in [0.5, 0.6) is 0 Å². The van der Waals surface area contributed by atoms with Crippen molar-refractivity contribution in [2.75, 3.05) is 6.54 Å². The van der Waals surface area contributed by atoms with Crippen molar-refractivity contribution >= 4 is 5.65 Å². The van der Waals surface area contributed by atoms with Crippen molar-refractivity contribution in [3.63, 3.8) is 0 Å². The lowest BCUT2D eigenvalue weighted by Gasteiger charge is -2.09. The van der Waals surface area contributed by atoms with Gasteiger partial charge in [-0.3, -0.25) is 0 Å². The number of hydrogen-bond donors (Lipinski definition) is 1. The molecule has 86 valence electrons. The minimum absolute atomic E-state index is 0.594. The summed E-state index contributed by atoms with van der Waals surface area (Å²) in [5.41, 5.74) is 2.18. The van der Waals surface area contributed by atoms with Gasteiger partial charge in [0.2, 0.25) is 0 Å². The third kappa shape index (κ3) is 2.61. The standard InChI is InChI=1S/C13H19N3/c1-3-11(2)14-8-7-12-10-16-9-5-4-6-13(16)15-12/h4-6,9-11,14H,3,7-8H2,1-2H3. The summed E-state index contributed by atoms with van der Waals surface area (Å²) in [6, 6.07) is 6.67. The monoisotopic (exact) mass is 217 g/mol. The molecule has 0 radical (unpaired) electrons. The molecule has 0 fully saturated rings. The van der Waals surface area contributed by atoms with Gasteiger partial charge in [0.25, 0.3) is 0 Å². The Bertz CT molecular complexity index is 414. The van der Waals surface area contributed by atoms with E-state index in [1.165, 1.54) is 6.42 Å². The van der Waals surface area contributed by atoms with Gasteiger partial charge in [-0.05, 0) is 25.5 Å². The molecule has 0 amide bonds. The van der Waals surface area contributed by atoms with E-state index in [9.17, 15) is 0 Å². The van der Waals surface area contributed by atoms with Crippen LogP contribution in [0, 0.1) is 0 Å². The van der Waals surface area contributed by atoms with Crippen LogP contribution in [-0.4, -0.2) is 22.0 Å². The lowest BCUT2D eigenvalue weighted by atomic mass is 10.2. The molecule has 2 aromatic rings. The fourth-order valence-corrected chi connectivity index (χ4v) is 1.70. The van der Waals surface area contributed by atoms with Crippen LogP contribution in [0.3, 0.4) is 0 Å². The molecule has 1 N–H and O–H groups in total. The molecular weight excluding hydrogens is 198 g/mol. The van der Waals surface area contributed by atoms with Gasteiger partial charge in [-0.2, -0.15) is 0 Å². The Morgan fingerprint density at radius 1 is 1.44 bits per heavy atom. The van der Waals surface area contributed by atoms with Crippen molar-refractivity contribution in [1.29, 1.82) is 0 Å². The molecule has 1 unspecified atom stereocenters. The number of pyridine rings is 1. The highest BCUT2D eigenvalue weighted by Crippen LogP contribution is 2.04. The highest BCUT2D eigenvalue weighted by atomic mass is 15.0. The van der Waals surface area contributed by atoms with Crippen molar-refractivity contribution in [3.05, 3.63) is 36.3 Å². The van der Waals surface area contributed by atoms with Crippen molar-refractivity contribution < 1.29 is 0 Å². The van der Waals surface area contributed by atoms with Crippen LogP contribution in [-0.2, 0) is 6.42 Å². The molecule has 0 aliphatic rings. The van der Waals surface area contributed by atoms with Crippen LogP contribution in [0.15, 0.2) is 30.6 Å². The number of hydrogen-bond acceptors (Lipinski definition) is 2. The number of rotatable bonds is 5. The van der Waals surface area contributed by atoms with E-state index in [0.29, 0.717) is 6.04 Å². The maximum Gasteiger partial charge on any atom is 0.136 e. The number of fused-ring (bicyclic) bond motifs is 1. The normalized spacial score (nSPS) is 13.1. The van der Waals surface area contributed by atoms with Gasteiger partial charge in [0.1, 0.15) is 5.65 Å². The first kappa shape index (κ1) is 11.1. The van der Waals surface area contributed by atoms with Crippen LogP contribution < -0.4 is 5.32 Å². The Balaban J connectivity index is 1.94. The second kappa shape index (κ2) is 5.12. The zero-order chi connectivity index (χ0) is 11.4. The van der Waals surface area contributed by atoms with Gasteiger partial charge >= 0.3 is 0 Å². The summed E-state index contributed by atoms with van der Waals surface area (Å²) in [5, 5.41) is 3.48. The van der Waals surface area contributed by atoms with Crippen molar-refractivity contribution in [3.8, 4) is 0 Å². The van der Waals surface area contributed by atoms with Crippen molar-refractivity contribution in [1.82, 2.24) is 14.7 Å². The molecule has 2 aromatic heterocycles. The maximum absolute atomic E-state index is 4.56. The van der Waals surface area contributed by atoms with Crippen LogP contribution >= 0.6 is 0 Å². The van der Waals surface area contributed by atoms with E-state index < -0.39 is 0 Å². The molecular formula is C13H19N3. The highest BCUT2D eigenvalue weighted by Gasteiger charge is 2.01. The van der Waals surface area contributed by atoms with Gasteiger partial charge in [-0.15, -0.1) is 0 Å². The zero-order valence-electron chi connectivity index (χ0n) is 9.98. The van der Waals surface area contributed by atoms with E-state index >= 15 is 0 Å². The third-order valence-electron chi connectivity index (χ3n) is 2.90. The molecule has 0 bridgehead atoms. The van der Waals surface area contributed by atoms with Crippen molar-refractivity contribution in [2.45, 2.75) is 32.7 Å². The Morgan fingerprint density at radius 3 is 3.06 bits per heavy atom. The Morgan fingerprint density at radius 2 is 2.31 bits per heavy atom. The first-order chi connectivity index (χ1) is 7.79. The molecule has 1 atom stereocenters. The largest absolute Gasteiger partial charge is 0.314 e. The predicted molar refractivity (Wildman–Crippen MR) is 66.7 cm³/mol. The lowest BCUT2D eigenvalue weighted by Crippen LogP contribution is -2.27. The van der Waals surface area contributed by atoms with Gasteiger partial charge in [-0.1, -0.05) is 13.0 Å². The van der Waals surface area contributed by atoms with Gasteiger partial charge < -0.3 is 9.72 Å². The molecule has 16 heavy (non-hydrogen) atoms. The van der Waals surface area contributed by atoms with Crippen LogP contribution in [0.2, 0.25) is 0 Å². The van der Waals surface area contributed by atoms with Crippen LogP contribution in [0.4, 0.5) is 0 Å². The van der Waals surface area contributed by atoms with Gasteiger partial charge in [0, 0.05) is 31.4 Å². The summed E-state index contributed by atoms with van der Waals surface area (Å²) < 4.78 is 2.07. The molecule has 2 heterocycles. The zero-order valence-corrected chi connectivity index (χ0v) is 9.98. The Hall–Kier alpha value is -1.35. The van der Waals surface area contributed by atoms with Crippen LogP contribution in [0.1, 0.15) is 26.0 Å². The van der Waals surface area contributed by atoms with Gasteiger partial charge in [0.05, 0.1) is 5.69 Å². The maximum atomic E-state index is 4.56. The van der Waals surface area contributed by atoms with E-state index in [1.54, 1.807) is 0 Å². The topological polar surface area (TPSA) is 29.3 Å². The minimum Gasteiger partial charge on any atom is -0.314 e. The first-order valence-corrected chi connectivity index (χ1v) is 5.95. The minimum atomic E-state index is 0.594. The quantitative estimate of drug-likeness (QED) is 0.832. The number of imidazole rings is 1. The van der Waals surface area contributed by atoms with Gasteiger partial charge in [-0.25, -0.2) is 4.98 Å². The first-order valence-electron chi connectivity index (χ1n) is 5.95. The summed E-state index contributed by atoms with van der Waals surface area (Å²) in [7, 11) is 0. The molecule has 0 spiro atoms. The molecule has 3 heteroatoms. The average Bonchev–Trinajstić information content (AvgIpc) is 2.71. The van der Waals surface area contributed by atoms with E-state index in [-0.39, 0.29) is 0 Å².